The van der Waals surface area contributed by atoms with Crippen LogP contribution in [0.1, 0.15) is 57.1 Å². The van der Waals surface area contributed by atoms with E-state index in [1.54, 1.807) is 26.0 Å². The summed E-state index contributed by atoms with van der Waals surface area (Å²) < 4.78 is 33.2. The van der Waals surface area contributed by atoms with Gasteiger partial charge in [-0.3, -0.25) is 4.79 Å². The second-order valence-electron chi connectivity index (χ2n) is 6.99. The Kier molecular flexibility index (Phi) is 6.79. The lowest BCUT2D eigenvalue weighted by Gasteiger charge is -2.29. The van der Waals surface area contributed by atoms with Crippen LogP contribution in [0.4, 0.5) is 0 Å². The molecule has 1 aliphatic carbocycles. The molecular weight excluding hydrogens is 352 g/mol. The highest BCUT2D eigenvalue weighted by atomic mass is 32.2. The van der Waals surface area contributed by atoms with E-state index in [0.717, 1.165) is 25.7 Å². The fourth-order valence-electron chi connectivity index (χ4n) is 3.29. The van der Waals surface area contributed by atoms with E-state index in [0.29, 0.717) is 17.9 Å². The number of ether oxygens (including phenoxy) is 1. The molecular formula is C19H26N2O4S. The molecule has 0 saturated heterocycles. The summed E-state index contributed by atoms with van der Waals surface area (Å²) in [5.41, 5.74) is 0.697. The van der Waals surface area contributed by atoms with E-state index < -0.39 is 22.0 Å². The molecule has 142 valence electrons. The number of aryl methyl sites for hydroxylation is 1. The zero-order valence-electron chi connectivity index (χ0n) is 15.5. The molecule has 0 bridgehead atoms. The molecule has 0 aliphatic heterocycles. The van der Waals surface area contributed by atoms with Crippen molar-refractivity contribution in [1.29, 1.82) is 5.26 Å². The van der Waals surface area contributed by atoms with Crippen molar-refractivity contribution in [2.75, 3.05) is 0 Å². The predicted octanol–water partition coefficient (Wildman–Crippen LogP) is 3.05. The maximum Gasteiger partial charge on any atom is 0.264 e. The van der Waals surface area contributed by atoms with E-state index >= 15 is 0 Å². The highest BCUT2D eigenvalue weighted by molar-refractivity contribution is 7.90. The van der Waals surface area contributed by atoms with Crippen LogP contribution >= 0.6 is 0 Å². The minimum atomic E-state index is -4.06. The molecule has 0 spiro atoms. The minimum Gasteiger partial charge on any atom is -0.365 e. The number of nitrogens with one attached hydrogen (secondary N) is 1. The average Bonchev–Trinajstić information content (AvgIpc) is 2.59. The lowest BCUT2D eigenvalue weighted by Crippen LogP contribution is -2.42. The molecule has 1 aliphatic rings. The van der Waals surface area contributed by atoms with Crippen LogP contribution in [-0.2, 0) is 19.6 Å². The van der Waals surface area contributed by atoms with Crippen molar-refractivity contribution >= 4 is 15.9 Å². The Bertz CT molecular complexity index is 798. The third-order valence-corrected chi connectivity index (χ3v) is 6.24. The van der Waals surface area contributed by atoms with Crippen LogP contribution < -0.4 is 4.72 Å². The Morgan fingerprint density at radius 3 is 2.77 bits per heavy atom. The molecule has 0 heterocycles. The monoisotopic (exact) mass is 378 g/mol. The fourth-order valence-corrected chi connectivity index (χ4v) is 4.57. The lowest BCUT2D eigenvalue weighted by molar-refractivity contribution is -0.137. The summed E-state index contributed by atoms with van der Waals surface area (Å²) in [6.07, 6.45) is 3.57. The molecule has 0 radical (unpaired) electrons. The maximum atomic E-state index is 12.6. The van der Waals surface area contributed by atoms with Gasteiger partial charge in [0.15, 0.2) is 0 Å². The van der Waals surface area contributed by atoms with Gasteiger partial charge in [0.2, 0.25) is 0 Å². The standard InChI is InChI=1S/C19H26N2O4S/c1-4-17(25-16-7-5-6-13(2)10-16)19(22)21-26(23,24)18-11-15(12-20)9-8-14(18)3/h8-9,11,13,16-17H,4-7,10H2,1-3H3,(H,21,22). The Labute approximate surface area is 155 Å². The van der Waals surface area contributed by atoms with Gasteiger partial charge >= 0.3 is 0 Å². The highest BCUT2D eigenvalue weighted by Gasteiger charge is 2.29. The summed E-state index contributed by atoms with van der Waals surface area (Å²) in [4.78, 5) is 12.4. The normalized spacial score (nSPS) is 21.6. The van der Waals surface area contributed by atoms with Crippen LogP contribution in [0.2, 0.25) is 0 Å². The number of sulfonamides is 1. The number of carbonyl (C=O) groups is 1. The van der Waals surface area contributed by atoms with Gasteiger partial charge in [-0.05, 0) is 49.8 Å². The first kappa shape index (κ1) is 20.4. The second-order valence-corrected chi connectivity index (χ2v) is 8.64. The van der Waals surface area contributed by atoms with Crippen LogP contribution in [-0.4, -0.2) is 26.5 Å². The lowest BCUT2D eigenvalue weighted by atomic mass is 9.88. The first-order valence-corrected chi connectivity index (χ1v) is 10.5. The molecule has 3 unspecified atom stereocenters. The van der Waals surface area contributed by atoms with Crippen LogP contribution in [0.3, 0.4) is 0 Å². The molecule has 7 heteroatoms. The summed E-state index contributed by atoms with van der Waals surface area (Å²) in [5.74, 6) is -0.109. The zero-order valence-corrected chi connectivity index (χ0v) is 16.3. The van der Waals surface area contributed by atoms with E-state index in [-0.39, 0.29) is 16.6 Å². The number of rotatable bonds is 6. The van der Waals surface area contributed by atoms with Crippen molar-refractivity contribution in [1.82, 2.24) is 4.72 Å². The fraction of sp³-hybridized carbons (Fsp3) is 0.579. The van der Waals surface area contributed by atoms with Gasteiger partial charge in [0, 0.05) is 0 Å². The number of nitrogens with zero attached hydrogens (tertiary/aromatic N) is 1. The van der Waals surface area contributed by atoms with Gasteiger partial charge in [-0.1, -0.05) is 32.8 Å². The molecule has 1 amide bonds. The first-order chi connectivity index (χ1) is 12.3. The zero-order chi connectivity index (χ0) is 19.3. The summed E-state index contributed by atoms with van der Waals surface area (Å²) in [5, 5.41) is 8.98. The van der Waals surface area contributed by atoms with Crippen LogP contribution in [0.25, 0.3) is 0 Å². The third-order valence-electron chi connectivity index (χ3n) is 4.75. The Morgan fingerprint density at radius 1 is 1.42 bits per heavy atom. The number of hydrogen-bond acceptors (Lipinski definition) is 5. The van der Waals surface area contributed by atoms with Gasteiger partial charge < -0.3 is 4.74 Å². The maximum absolute atomic E-state index is 12.6. The van der Waals surface area contributed by atoms with Crippen molar-refractivity contribution in [2.24, 2.45) is 5.92 Å². The summed E-state index contributed by atoms with van der Waals surface area (Å²) in [6, 6.07) is 6.27. The number of amides is 1. The van der Waals surface area contributed by atoms with Gasteiger partial charge in [0.1, 0.15) is 6.10 Å². The van der Waals surface area contributed by atoms with E-state index in [1.807, 2.05) is 6.07 Å². The van der Waals surface area contributed by atoms with Crippen molar-refractivity contribution in [2.45, 2.75) is 70.0 Å². The predicted molar refractivity (Wildman–Crippen MR) is 97.8 cm³/mol. The first-order valence-electron chi connectivity index (χ1n) is 8.99. The molecule has 26 heavy (non-hydrogen) atoms. The van der Waals surface area contributed by atoms with Gasteiger partial charge in [0.05, 0.1) is 22.6 Å². The van der Waals surface area contributed by atoms with Crippen molar-refractivity contribution in [3.05, 3.63) is 29.3 Å². The van der Waals surface area contributed by atoms with Crippen molar-refractivity contribution < 1.29 is 17.9 Å². The van der Waals surface area contributed by atoms with Crippen LogP contribution in [0.5, 0.6) is 0 Å². The third kappa shape index (κ3) is 5.05. The van der Waals surface area contributed by atoms with E-state index in [2.05, 4.69) is 11.6 Å². The topological polar surface area (TPSA) is 96.3 Å². The molecule has 1 fully saturated rings. The van der Waals surface area contributed by atoms with Crippen molar-refractivity contribution in [3.8, 4) is 6.07 Å². The molecule has 0 aromatic heterocycles. The number of carbonyl (C=O) groups excluding carboxylic acids is 1. The smallest absolute Gasteiger partial charge is 0.264 e. The Morgan fingerprint density at radius 2 is 2.15 bits per heavy atom. The quantitative estimate of drug-likeness (QED) is 0.821. The minimum absolute atomic E-state index is 0.0131. The van der Waals surface area contributed by atoms with Crippen LogP contribution in [0, 0.1) is 24.2 Å². The molecule has 2 rings (SSSR count). The second kappa shape index (κ2) is 8.65. The molecule has 1 aromatic carbocycles. The van der Waals surface area contributed by atoms with E-state index in [9.17, 15) is 13.2 Å². The molecule has 1 aromatic rings. The molecule has 1 N–H and O–H groups in total. The van der Waals surface area contributed by atoms with E-state index in [4.69, 9.17) is 10.00 Å². The summed E-state index contributed by atoms with van der Waals surface area (Å²) >= 11 is 0. The van der Waals surface area contributed by atoms with Crippen molar-refractivity contribution in [3.63, 3.8) is 0 Å². The summed E-state index contributed by atoms with van der Waals surface area (Å²) in [6.45, 7) is 5.58. The van der Waals surface area contributed by atoms with Crippen LogP contribution in [0.15, 0.2) is 23.1 Å². The number of hydrogen-bond donors (Lipinski definition) is 1. The molecule has 1 saturated carbocycles. The Hall–Kier alpha value is -1.91. The number of nitriles is 1. The number of benzene rings is 1. The SMILES string of the molecule is CCC(OC1CCCC(C)C1)C(=O)NS(=O)(=O)c1cc(C#N)ccc1C. The van der Waals surface area contributed by atoms with Gasteiger partial charge in [-0.15, -0.1) is 0 Å². The summed E-state index contributed by atoms with van der Waals surface area (Å²) in [7, 11) is -4.06. The molecule has 6 nitrogen and oxygen atoms in total. The largest absolute Gasteiger partial charge is 0.365 e. The Balaban J connectivity index is 2.12. The van der Waals surface area contributed by atoms with Gasteiger partial charge in [-0.2, -0.15) is 5.26 Å². The van der Waals surface area contributed by atoms with Gasteiger partial charge in [0.25, 0.3) is 15.9 Å². The van der Waals surface area contributed by atoms with Gasteiger partial charge in [-0.25, -0.2) is 13.1 Å². The van der Waals surface area contributed by atoms with E-state index in [1.165, 1.54) is 6.07 Å². The average molecular weight is 378 g/mol. The highest BCUT2D eigenvalue weighted by Crippen LogP contribution is 2.27. The molecule has 3 atom stereocenters.